The lowest BCUT2D eigenvalue weighted by Crippen LogP contribution is -2.14. The summed E-state index contributed by atoms with van der Waals surface area (Å²) >= 11 is 0. The first-order valence-corrected chi connectivity index (χ1v) is 5.85. The van der Waals surface area contributed by atoms with Gasteiger partial charge in [-0.05, 0) is 37.6 Å². The monoisotopic (exact) mass is 219 g/mol. The van der Waals surface area contributed by atoms with Crippen molar-refractivity contribution in [3.05, 3.63) is 42.5 Å². The molecular formula is C14H21NO. The second kappa shape index (κ2) is 7.07. The van der Waals surface area contributed by atoms with Crippen LogP contribution in [0.5, 0.6) is 5.75 Å². The number of hydrogen-bond acceptors (Lipinski definition) is 2. The van der Waals surface area contributed by atoms with Gasteiger partial charge in [-0.25, -0.2) is 0 Å². The Hall–Kier alpha value is -1.28. The van der Waals surface area contributed by atoms with Crippen LogP contribution in [0.3, 0.4) is 0 Å². The van der Waals surface area contributed by atoms with Gasteiger partial charge in [-0.2, -0.15) is 0 Å². The zero-order valence-corrected chi connectivity index (χ0v) is 10.2. The minimum Gasteiger partial charge on any atom is -0.487 e. The van der Waals surface area contributed by atoms with Gasteiger partial charge in [-0.3, -0.25) is 0 Å². The van der Waals surface area contributed by atoms with Gasteiger partial charge in [0, 0.05) is 6.54 Å². The van der Waals surface area contributed by atoms with Crippen molar-refractivity contribution in [2.75, 3.05) is 6.54 Å². The van der Waals surface area contributed by atoms with Crippen molar-refractivity contribution >= 4 is 0 Å². The largest absolute Gasteiger partial charge is 0.487 e. The molecule has 1 rings (SSSR count). The van der Waals surface area contributed by atoms with Crippen LogP contribution in [0.15, 0.2) is 36.9 Å². The van der Waals surface area contributed by atoms with E-state index < -0.39 is 0 Å². The molecule has 0 aliphatic rings. The Bertz CT molecular complexity index is 322. The molecule has 0 spiro atoms. The molecule has 1 N–H and O–H groups in total. The predicted molar refractivity (Wildman–Crippen MR) is 68.7 cm³/mol. The molecular weight excluding hydrogens is 198 g/mol. The third-order valence-electron chi connectivity index (χ3n) is 2.31. The summed E-state index contributed by atoms with van der Waals surface area (Å²) in [5, 5.41) is 3.37. The lowest BCUT2D eigenvalue weighted by atomic mass is 10.2. The normalized spacial score (nSPS) is 12.1. The van der Waals surface area contributed by atoms with Crippen molar-refractivity contribution < 1.29 is 4.74 Å². The minimum absolute atomic E-state index is 0.0545. The molecule has 0 saturated carbocycles. The number of nitrogens with one attached hydrogen (secondary N) is 1. The van der Waals surface area contributed by atoms with E-state index in [4.69, 9.17) is 4.74 Å². The van der Waals surface area contributed by atoms with Crippen molar-refractivity contribution in [1.29, 1.82) is 0 Å². The Labute approximate surface area is 98.3 Å². The standard InChI is InChI=1S/C14H21NO/c1-4-9-15-11-13-7-6-8-14(10-13)16-12(3)5-2/h5-8,10,12,15H,2,4,9,11H2,1,3H3. The lowest BCUT2D eigenvalue weighted by Gasteiger charge is -2.11. The highest BCUT2D eigenvalue weighted by Crippen LogP contribution is 2.15. The van der Waals surface area contributed by atoms with Crippen LogP contribution in [-0.2, 0) is 6.54 Å². The molecule has 0 fully saturated rings. The molecule has 88 valence electrons. The third kappa shape index (κ3) is 4.49. The number of ether oxygens (including phenoxy) is 1. The highest BCUT2D eigenvalue weighted by molar-refractivity contribution is 5.28. The summed E-state index contributed by atoms with van der Waals surface area (Å²) in [6, 6.07) is 8.17. The zero-order valence-electron chi connectivity index (χ0n) is 10.2. The first kappa shape index (κ1) is 12.8. The van der Waals surface area contributed by atoms with Gasteiger partial charge >= 0.3 is 0 Å². The summed E-state index contributed by atoms with van der Waals surface area (Å²) in [5.41, 5.74) is 1.25. The fourth-order valence-corrected chi connectivity index (χ4v) is 1.40. The molecule has 0 aliphatic carbocycles. The van der Waals surface area contributed by atoms with Crippen molar-refractivity contribution in [3.8, 4) is 5.75 Å². The quantitative estimate of drug-likeness (QED) is 0.562. The maximum absolute atomic E-state index is 5.66. The van der Waals surface area contributed by atoms with Crippen molar-refractivity contribution in [1.82, 2.24) is 5.32 Å². The molecule has 0 radical (unpaired) electrons. The first-order valence-electron chi connectivity index (χ1n) is 5.85. The molecule has 0 saturated heterocycles. The lowest BCUT2D eigenvalue weighted by molar-refractivity contribution is 0.270. The summed E-state index contributed by atoms with van der Waals surface area (Å²) in [5.74, 6) is 0.906. The van der Waals surface area contributed by atoms with E-state index in [1.165, 1.54) is 5.56 Å². The van der Waals surface area contributed by atoms with E-state index in [0.717, 1.165) is 25.3 Å². The highest BCUT2D eigenvalue weighted by Gasteiger charge is 2.00. The molecule has 0 amide bonds. The van der Waals surface area contributed by atoms with Gasteiger partial charge in [0.05, 0.1) is 0 Å². The van der Waals surface area contributed by atoms with Crippen molar-refractivity contribution in [2.45, 2.75) is 32.9 Å². The fourth-order valence-electron chi connectivity index (χ4n) is 1.40. The molecule has 0 bridgehead atoms. The summed E-state index contributed by atoms with van der Waals surface area (Å²) in [6.07, 6.45) is 3.00. The Morgan fingerprint density at radius 3 is 3.00 bits per heavy atom. The van der Waals surface area contributed by atoms with Gasteiger partial charge < -0.3 is 10.1 Å². The van der Waals surface area contributed by atoms with Crippen LogP contribution in [0.1, 0.15) is 25.8 Å². The van der Waals surface area contributed by atoms with E-state index in [1.54, 1.807) is 6.08 Å². The number of hydrogen-bond donors (Lipinski definition) is 1. The van der Waals surface area contributed by atoms with E-state index >= 15 is 0 Å². The van der Waals surface area contributed by atoms with Crippen LogP contribution in [-0.4, -0.2) is 12.6 Å². The Kier molecular flexibility index (Phi) is 5.65. The van der Waals surface area contributed by atoms with Crippen LogP contribution in [0.4, 0.5) is 0 Å². The molecule has 1 aromatic carbocycles. The zero-order chi connectivity index (χ0) is 11.8. The van der Waals surface area contributed by atoms with Crippen LogP contribution < -0.4 is 10.1 Å². The van der Waals surface area contributed by atoms with E-state index in [2.05, 4.69) is 31.0 Å². The maximum atomic E-state index is 5.66. The van der Waals surface area contributed by atoms with Crippen LogP contribution in [0, 0.1) is 0 Å². The molecule has 0 aliphatic heterocycles. The molecule has 0 heterocycles. The molecule has 1 aromatic rings. The maximum Gasteiger partial charge on any atom is 0.120 e. The average Bonchev–Trinajstić information content (AvgIpc) is 2.30. The van der Waals surface area contributed by atoms with Crippen LogP contribution >= 0.6 is 0 Å². The van der Waals surface area contributed by atoms with Gasteiger partial charge in [-0.15, -0.1) is 0 Å². The predicted octanol–water partition coefficient (Wildman–Crippen LogP) is 3.14. The molecule has 0 aromatic heterocycles. The van der Waals surface area contributed by atoms with E-state index in [-0.39, 0.29) is 6.10 Å². The number of rotatable bonds is 7. The second-order valence-electron chi connectivity index (χ2n) is 3.88. The average molecular weight is 219 g/mol. The Morgan fingerprint density at radius 2 is 2.31 bits per heavy atom. The van der Waals surface area contributed by atoms with E-state index in [9.17, 15) is 0 Å². The second-order valence-corrected chi connectivity index (χ2v) is 3.88. The van der Waals surface area contributed by atoms with Gasteiger partial charge in [-0.1, -0.05) is 31.7 Å². The number of benzene rings is 1. The fraction of sp³-hybridized carbons (Fsp3) is 0.429. The van der Waals surface area contributed by atoms with E-state index in [0.29, 0.717) is 0 Å². The van der Waals surface area contributed by atoms with Gasteiger partial charge in [0.1, 0.15) is 11.9 Å². The van der Waals surface area contributed by atoms with Gasteiger partial charge in [0.2, 0.25) is 0 Å². The molecule has 2 heteroatoms. The minimum atomic E-state index is 0.0545. The smallest absolute Gasteiger partial charge is 0.120 e. The first-order chi connectivity index (χ1) is 7.76. The topological polar surface area (TPSA) is 21.3 Å². The van der Waals surface area contributed by atoms with Crippen LogP contribution in [0.2, 0.25) is 0 Å². The van der Waals surface area contributed by atoms with Gasteiger partial charge in [0.25, 0.3) is 0 Å². The Morgan fingerprint density at radius 1 is 1.50 bits per heavy atom. The SMILES string of the molecule is C=CC(C)Oc1cccc(CNCCC)c1. The summed E-state index contributed by atoms with van der Waals surface area (Å²) in [4.78, 5) is 0. The van der Waals surface area contributed by atoms with Crippen molar-refractivity contribution in [3.63, 3.8) is 0 Å². The van der Waals surface area contributed by atoms with Gasteiger partial charge in [0.15, 0.2) is 0 Å². The summed E-state index contributed by atoms with van der Waals surface area (Å²) in [7, 11) is 0. The molecule has 1 unspecified atom stereocenters. The third-order valence-corrected chi connectivity index (χ3v) is 2.31. The van der Waals surface area contributed by atoms with Crippen molar-refractivity contribution in [2.24, 2.45) is 0 Å². The highest BCUT2D eigenvalue weighted by atomic mass is 16.5. The van der Waals surface area contributed by atoms with E-state index in [1.807, 2.05) is 19.1 Å². The Balaban J connectivity index is 2.53. The molecule has 1 atom stereocenters. The molecule has 2 nitrogen and oxygen atoms in total. The summed E-state index contributed by atoms with van der Waals surface area (Å²) < 4.78 is 5.66. The summed E-state index contributed by atoms with van der Waals surface area (Å²) in [6.45, 7) is 9.79. The van der Waals surface area contributed by atoms with Crippen LogP contribution in [0.25, 0.3) is 0 Å². The molecule has 16 heavy (non-hydrogen) atoms.